The lowest BCUT2D eigenvalue weighted by Crippen LogP contribution is -2.33. The summed E-state index contributed by atoms with van der Waals surface area (Å²) in [5.74, 6) is -1.87. The molecule has 1 aliphatic rings. The van der Waals surface area contributed by atoms with Gasteiger partial charge in [-0.05, 0) is 61.1 Å². The summed E-state index contributed by atoms with van der Waals surface area (Å²) in [6, 6.07) is 13.5. The maximum atomic E-state index is 11.8. The second-order valence-corrected chi connectivity index (χ2v) is 8.32. The van der Waals surface area contributed by atoms with Gasteiger partial charge in [0.1, 0.15) is 5.75 Å². The highest BCUT2D eigenvalue weighted by atomic mass is 16.5. The number of fused-ring (bicyclic) bond motifs is 1. The number of aliphatic carboxylic acids is 2. The van der Waals surface area contributed by atoms with Crippen LogP contribution in [0.4, 0.5) is 0 Å². The molecule has 0 heterocycles. The standard InChI is InChI=1S/C24H28O6/c1-24(2,23(27)28)20(13-22(25)26)17-7-6-16-8-11-21(19(16)12-17)30-14-15-4-9-18(29-3)10-5-15/h4-7,9-10,12,20-21H,8,11,13-14H2,1-3H3,(H,25,26)(H,27,28). The summed E-state index contributed by atoms with van der Waals surface area (Å²) < 4.78 is 11.3. The van der Waals surface area contributed by atoms with Crippen molar-refractivity contribution in [2.24, 2.45) is 5.41 Å². The zero-order chi connectivity index (χ0) is 21.9. The van der Waals surface area contributed by atoms with Crippen molar-refractivity contribution >= 4 is 11.9 Å². The molecule has 0 saturated carbocycles. The molecule has 3 rings (SSSR count). The van der Waals surface area contributed by atoms with Crippen molar-refractivity contribution in [3.63, 3.8) is 0 Å². The van der Waals surface area contributed by atoms with Crippen LogP contribution >= 0.6 is 0 Å². The van der Waals surface area contributed by atoms with Gasteiger partial charge >= 0.3 is 11.9 Å². The molecule has 0 spiro atoms. The molecule has 2 aromatic rings. The molecule has 1 aliphatic carbocycles. The lowest BCUT2D eigenvalue weighted by atomic mass is 9.72. The molecule has 2 N–H and O–H groups in total. The third-order valence-electron chi connectivity index (χ3n) is 6.01. The van der Waals surface area contributed by atoms with E-state index in [1.54, 1.807) is 21.0 Å². The summed E-state index contributed by atoms with van der Waals surface area (Å²) in [7, 11) is 1.63. The van der Waals surface area contributed by atoms with E-state index in [4.69, 9.17) is 9.47 Å². The van der Waals surface area contributed by atoms with Crippen LogP contribution in [0.25, 0.3) is 0 Å². The Labute approximate surface area is 176 Å². The number of hydrogen-bond acceptors (Lipinski definition) is 4. The third kappa shape index (κ3) is 4.65. The molecule has 0 fully saturated rings. The van der Waals surface area contributed by atoms with Crippen LogP contribution in [0.3, 0.4) is 0 Å². The molecule has 0 aliphatic heterocycles. The number of carbonyl (C=O) groups is 2. The predicted octanol–water partition coefficient (Wildman–Crippen LogP) is 4.57. The summed E-state index contributed by atoms with van der Waals surface area (Å²) in [4.78, 5) is 23.2. The van der Waals surface area contributed by atoms with Gasteiger partial charge in [0.2, 0.25) is 0 Å². The summed E-state index contributed by atoms with van der Waals surface area (Å²) in [5, 5.41) is 19.0. The Hall–Kier alpha value is -2.86. The summed E-state index contributed by atoms with van der Waals surface area (Å²) in [6.07, 6.45) is 1.39. The van der Waals surface area contributed by atoms with E-state index >= 15 is 0 Å². The highest BCUT2D eigenvalue weighted by molar-refractivity contribution is 5.77. The van der Waals surface area contributed by atoms with Gasteiger partial charge in [0.25, 0.3) is 0 Å². The van der Waals surface area contributed by atoms with Crippen molar-refractivity contribution in [3.8, 4) is 5.75 Å². The first-order chi connectivity index (χ1) is 14.2. The van der Waals surface area contributed by atoms with Gasteiger partial charge < -0.3 is 19.7 Å². The minimum absolute atomic E-state index is 0.0968. The Balaban J connectivity index is 1.82. The molecule has 0 aromatic heterocycles. The molecule has 160 valence electrons. The molecule has 30 heavy (non-hydrogen) atoms. The Morgan fingerprint density at radius 1 is 1.13 bits per heavy atom. The van der Waals surface area contributed by atoms with Crippen LogP contribution in [0.2, 0.25) is 0 Å². The van der Waals surface area contributed by atoms with E-state index in [1.165, 1.54) is 5.56 Å². The molecule has 0 saturated heterocycles. The summed E-state index contributed by atoms with van der Waals surface area (Å²) in [5.41, 5.74) is 2.75. The highest BCUT2D eigenvalue weighted by Gasteiger charge is 2.39. The number of benzene rings is 2. The Morgan fingerprint density at radius 3 is 2.43 bits per heavy atom. The van der Waals surface area contributed by atoms with Crippen LogP contribution in [-0.4, -0.2) is 29.3 Å². The van der Waals surface area contributed by atoms with Gasteiger partial charge in [-0.15, -0.1) is 0 Å². The molecular formula is C24H28O6. The van der Waals surface area contributed by atoms with Crippen molar-refractivity contribution in [3.05, 3.63) is 64.7 Å². The zero-order valence-corrected chi connectivity index (χ0v) is 17.6. The van der Waals surface area contributed by atoms with E-state index in [0.29, 0.717) is 6.61 Å². The Bertz CT molecular complexity index is 916. The molecule has 2 aromatic carbocycles. The Morgan fingerprint density at radius 2 is 1.83 bits per heavy atom. The van der Waals surface area contributed by atoms with Crippen LogP contribution in [-0.2, 0) is 27.4 Å². The van der Waals surface area contributed by atoms with E-state index in [1.807, 2.05) is 42.5 Å². The number of methoxy groups -OCH3 is 1. The number of hydrogen-bond donors (Lipinski definition) is 2. The van der Waals surface area contributed by atoms with E-state index in [9.17, 15) is 19.8 Å². The van der Waals surface area contributed by atoms with Crippen molar-refractivity contribution in [2.45, 2.75) is 51.7 Å². The van der Waals surface area contributed by atoms with E-state index in [2.05, 4.69) is 0 Å². The first-order valence-corrected chi connectivity index (χ1v) is 10.0. The minimum atomic E-state index is -1.20. The number of carboxylic acids is 2. The number of carboxylic acid groups (broad SMARTS) is 2. The maximum Gasteiger partial charge on any atom is 0.309 e. The smallest absolute Gasteiger partial charge is 0.309 e. The second kappa shape index (κ2) is 8.88. The first-order valence-electron chi connectivity index (χ1n) is 10.0. The number of rotatable bonds is 9. The number of ether oxygens (including phenoxy) is 2. The monoisotopic (exact) mass is 412 g/mol. The average molecular weight is 412 g/mol. The van der Waals surface area contributed by atoms with E-state index < -0.39 is 23.3 Å². The van der Waals surface area contributed by atoms with E-state index in [-0.39, 0.29) is 12.5 Å². The van der Waals surface area contributed by atoms with Crippen LogP contribution in [0.5, 0.6) is 5.75 Å². The van der Waals surface area contributed by atoms with Gasteiger partial charge in [0.05, 0.1) is 31.7 Å². The van der Waals surface area contributed by atoms with Gasteiger partial charge in [0, 0.05) is 5.92 Å². The first kappa shape index (κ1) is 21.8. The van der Waals surface area contributed by atoms with Gasteiger partial charge in [-0.3, -0.25) is 9.59 Å². The summed E-state index contributed by atoms with van der Waals surface area (Å²) in [6.45, 7) is 3.61. The van der Waals surface area contributed by atoms with Crippen LogP contribution in [0.1, 0.15) is 61.0 Å². The Kier molecular flexibility index (Phi) is 6.46. The average Bonchev–Trinajstić information content (AvgIpc) is 3.12. The lowest BCUT2D eigenvalue weighted by Gasteiger charge is -2.30. The molecule has 0 bridgehead atoms. The zero-order valence-electron chi connectivity index (χ0n) is 17.6. The molecule has 0 radical (unpaired) electrons. The fourth-order valence-corrected chi connectivity index (χ4v) is 4.00. The highest BCUT2D eigenvalue weighted by Crippen LogP contribution is 2.42. The second-order valence-electron chi connectivity index (χ2n) is 8.32. The predicted molar refractivity (Wildman–Crippen MR) is 112 cm³/mol. The van der Waals surface area contributed by atoms with Crippen molar-refractivity contribution in [1.82, 2.24) is 0 Å². The fourth-order valence-electron chi connectivity index (χ4n) is 4.00. The van der Waals surface area contributed by atoms with Gasteiger partial charge in [-0.25, -0.2) is 0 Å². The molecule has 6 nitrogen and oxygen atoms in total. The molecule has 2 atom stereocenters. The molecule has 2 unspecified atom stereocenters. The quantitative estimate of drug-likeness (QED) is 0.627. The molecule has 6 heteroatoms. The van der Waals surface area contributed by atoms with Crippen molar-refractivity contribution < 1.29 is 29.3 Å². The largest absolute Gasteiger partial charge is 0.497 e. The molecule has 0 amide bonds. The normalized spacial score (nSPS) is 16.7. The SMILES string of the molecule is COc1ccc(COC2CCc3ccc(C(CC(=O)O)C(C)(C)C(=O)O)cc32)cc1. The van der Waals surface area contributed by atoms with Gasteiger partial charge in [-0.2, -0.15) is 0 Å². The minimum Gasteiger partial charge on any atom is -0.497 e. The maximum absolute atomic E-state index is 11.8. The van der Waals surface area contributed by atoms with Gasteiger partial charge in [0.15, 0.2) is 0 Å². The third-order valence-corrected chi connectivity index (χ3v) is 6.01. The van der Waals surface area contributed by atoms with Crippen molar-refractivity contribution in [1.29, 1.82) is 0 Å². The summed E-state index contributed by atoms with van der Waals surface area (Å²) >= 11 is 0. The van der Waals surface area contributed by atoms with E-state index in [0.717, 1.165) is 35.3 Å². The lowest BCUT2D eigenvalue weighted by molar-refractivity contribution is -0.149. The fraction of sp³-hybridized carbons (Fsp3) is 0.417. The van der Waals surface area contributed by atoms with Crippen LogP contribution in [0, 0.1) is 5.41 Å². The number of aryl methyl sites for hydroxylation is 1. The van der Waals surface area contributed by atoms with Gasteiger partial charge in [-0.1, -0.05) is 30.3 Å². The van der Waals surface area contributed by atoms with Crippen LogP contribution in [0.15, 0.2) is 42.5 Å². The topological polar surface area (TPSA) is 93.1 Å². The molecular weight excluding hydrogens is 384 g/mol. The van der Waals surface area contributed by atoms with Crippen LogP contribution < -0.4 is 4.74 Å². The van der Waals surface area contributed by atoms with Crippen molar-refractivity contribution in [2.75, 3.05) is 7.11 Å².